The zero-order chi connectivity index (χ0) is 7.56. The molecular formula is C5H4N2O2S. The Morgan fingerprint density at radius 1 is 1.70 bits per heavy atom. The molecule has 0 atom stereocenters. The van der Waals surface area contributed by atoms with Crippen molar-refractivity contribution in [1.82, 2.24) is 10.2 Å². The predicted octanol–water partition coefficient (Wildman–Crippen LogP) is 0.464. The smallest absolute Gasteiger partial charge is 0.356 e. The minimum Gasteiger partial charge on any atom is -0.476 e. The van der Waals surface area contributed by atoms with E-state index in [0.29, 0.717) is 4.90 Å². The molecular weight excluding hydrogens is 152 g/mol. The number of carboxylic acid groups (broad SMARTS) is 1. The number of thiol groups is 1. The summed E-state index contributed by atoms with van der Waals surface area (Å²) in [6, 6.07) is 1.33. The first kappa shape index (κ1) is 7.01. The van der Waals surface area contributed by atoms with E-state index in [1.54, 1.807) is 0 Å². The number of carboxylic acids is 1. The summed E-state index contributed by atoms with van der Waals surface area (Å²) in [7, 11) is 0. The molecule has 0 saturated heterocycles. The van der Waals surface area contributed by atoms with E-state index in [1.807, 2.05) is 0 Å². The molecule has 1 N–H and O–H groups in total. The molecule has 0 saturated carbocycles. The minimum absolute atomic E-state index is 0.0903. The third-order valence-electron chi connectivity index (χ3n) is 0.859. The van der Waals surface area contributed by atoms with Crippen molar-refractivity contribution in [2.24, 2.45) is 0 Å². The highest BCUT2D eigenvalue weighted by Crippen LogP contribution is 2.02. The molecule has 0 bridgehead atoms. The van der Waals surface area contributed by atoms with E-state index in [0.717, 1.165) is 0 Å². The molecule has 0 aromatic carbocycles. The molecule has 0 aliphatic heterocycles. The van der Waals surface area contributed by atoms with E-state index in [9.17, 15) is 4.79 Å². The van der Waals surface area contributed by atoms with E-state index in [-0.39, 0.29) is 5.69 Å². The number of aromatic carboxylic acids is 1. The van der Waals surface area contributed by atoms with Gasteiger partial charge in [0.25, 0.3) is 0 Å². The van der Waals surface area contributed by atoms with Crippen LogP contribution in [0.5, 0.6) is 0 Å². The van der Waals surface area contributed by atoms with Crippen molar-refractivity contribution in [2.75, 3.05) is 0 Å². The average molecular weight is 156 g/mol. The van der Waals surface area contributed by atoms with Crippen LogP contribution in [-0.4, -0.2) is 21.3 Å². The van der Waals surface area contributed by atoms with E-state index >= 15 is 0 Å². The second kappa shape index (κ2) is 2.66. The van der Waals surface area contributed by atoms with Crippen LogP contribution in [0, 0.1) is 0 Å². The van der Waals surface area contributed by atoms with Gasteiger partial charge in [0.2, 0.25) is 0 Å². The van der Waals surface area contributed by atoms with Crippen molar-refractivity contribution >= 4 is 18.6 Å². The molecule has 0 radical (unpaired) electrons. The maximum Gasteiger partial charge on any atom is 0.356 e. The van der Waals surface area contributed by atoms with Crippen LogP contribution in [0.25, 0.3) is 0 Å². The summed E-state index contributed by atoms with van der Waals surface area (Å²) in [4.78, 5) is 10.7. The molecule has 0 unspecified atom stereocenters. The number of hydrogen-bond donors (Lipinski definition) is 2. The predicted molar refractivity (Wildman–Crippen MR) is 36.2 cm³/mol. The Morgan fingerprint density at radius 3 is 2.80 bits per heavy atom. The molecule has 1 heterocycles. The van der Waals surface area contributed by atoms with Gasteiger partial charge in [0.15, 0.2) is 5.69 Å². The van der Waals surface area contributed by atoms with Gasteiger partial charge in [0, 0.05) is 4.90 Å². The maximum atomic E-state index is 10.2. The van der Waals surface area contributed by atoms with Crippen molar-refractivity contribution in [3.8, 4) is 0 Å². The molecule has 1 aromatic heterocycles. The van der Waals surface area contributed by atoms with Crippen LogP contribution in [0.1, 0.15) is 10.5 Å². The molecule has 1 aromatic rings. The Hall–Kier alpha value is -1.10. The molecule has 5 heteroatoms. The Labute approximate surface area is 62.3 Å². The second-order valence-electron chi connectivity index (χ2n) is 1.60. The Morgan fingerprint density at radius 2 is 2.40 bits per heavy atom. The van der Waals surface area contributed by atoms with E-state index in [4.69, 9.17) is 5.11 Å². The molecule has 1 rings (SSSR count). The van der Waals surface area contributed by atoms with Crippen LogP contribution >= 0.6 is 12.6 Å². The lowest BCUT2D eigenvalue weighted by atomic mass is 10.4. The van der Waals surface area contributed by atoms with Gasteiger partial charge in [-0.3, -0.25) is 0 Å². The van der Waals surface area contributed by atoms with Crippen molar-refractivity contribution in [3.05, 3.63) is 18.0 Å². The van der Waals surface area contributed by atoms with Gasteiger partial charge in [-0.05, 0) is 6.07 Å². The second-order valence-corrected chi connectivity index (χ2v) is 2.12. The van der Waals surface area contributed by atoms with Crippen molar-refractivity contribution in [2.45, 2.75) is 4.90 Å². The largest absolute Gasteiger partial charge is 0.476 e. The van der Waals surface area contributed by atoms with E-state index < -0.39 is 5.97 Å². The fourth-order valence-electron chi connectivity index (χ4n) is 0.461. The summed E-state index contributed by atoms with van der Waals surface area (Å²) in [5, 5.41) is 15.1. The zero-order valence-corrected chi connectivity index (χ0v) is 5.75. The van der Waals surface area contributed by atoms with E-state index in [1.165, 1.54) is 12.3 Å². The van der Waals surface area contributed by atoms with Crippen LogP contribution in [0.15, 0.2) is 17.2 Å². The summed E-state index contributed by atoms with van der Waals surface area (Å²) in [5.41, 5.74) is -0.0903. The number of carbonyl (C=O) groups is 1. The van der Waals surface area contributed by atoms with Crippen LogP contribution in [0.3, 0.4) is 0 Å². The Balaban J connectivity index is 3.07. The summed E-state index contributed by atoms with van der Waals surface area (Å²) in [6.07, 6.45) is 1.37. The molecule has 4 nitrogen and oxygen atoms in total. The number of nitrogens with zero attached hydrogens (tertiary/aromatic N) is 2. The van der Waals surface area contributed by atoms with Gasteiger partial charge in [-0.15, -0.1) is 17.7 Å². The highest BCUT2D eigenvalue weighted by molar-refractivity contribution is 7.80. The lowest BCUT2D eigenvalue weighted by Crippen LogP contribution is -2.00. The topological polar surface area (TPSA) is 63.1 Å². The number of aromatic nitrogens is 2. The first-order valence-corrected chi connectivity index (χ1v) is 2.90. The quantitative estimate of drug-likeness (QED) is 0.580. The van der Waals surface area contributed by atoms with Gasteiger partial charge in [-0.2, -0.15) is 5.10 Å². The highest BCUT2D eigenvalue weighted by Gasteiger charge is 2.03. The van der Waals surface area contributed by atoms with Gasteiger partial charge in [-0.1, -0.05) is 0 Å². The molecule has 52 valence electrons. The van der Waals surface area contributed by atoms with Crippen molar-refractivity contribution < 1.29 is 9.90 Å². The lowest BCUT2D eigenvalue weighted by Gasteiger charge is -1.90. The summed E-state index contributed by atoms with van der Waals surface area (Å²) in [6.45, 7) is 0. The Bertz CT molecular complexity index is 264. The molecule has 0 aliphatic carbocycles. The molecule has 0 amide bonds. The summed E-state index contributed by atoms with van der Waals surface area (Å²) < 4.78 is 0. The van der Waals surface area contributed by atoms with Crippen LogP contribution in [0.2, 0.25) is 0 Å². The molecule has 0 aliphatic rings. The molecule has 10 heavy (non-hydrogen) atoms. The SMILES string of the molecule is O=C(O)c1cc(S)cnn1. The fraction of sp³-hybridized carbons (Fsp3) is 0. The zero-order valence-electron chi connectivity index (χ0n) is 4.85. The normalized spacial score (nSPS) is 9.30. The van der Waals surface area contributed by atoms with Crippen molar-refractivity contribution in [3.63, 3.8) is 0 Å². The standard InChI is InChI=1S/C5H4N2O2S/c8-5(9)4-1-3(10)2-6-7-4/h1-2H,(H,7,10)(H,8,9). The first-order valence-electron chi connectivity index (χ1n) is 2.45. The monoisotopic (exact) mass is 156 g/mol. The summed E-state index contributed by atoms with van der Waals surface area (Å²) >= 11 is 3.88. The van der Waals surface area contributed by atoms with Crippen molar-refractivity contribution in [1.29, 1.82) is 0 Å². The van der Waals surface area contributed by atoms with Crippen LogP contribution < -0.4 is 0 Å². The van der Waals surface area contributed by atoms with E-state index in [2.05, 4.69) is 22.8 Å². The minimum atomic E-state index is -1.09. The number of rotatable bonds is 1. The van der Waals surface area contributed by atoms with Gasteiger partial charge in [0.1, 0.15) is 0 Å². The average Bonchev–Trinajstić information content (AvgIpc) is 1.88. The van der Waals surface area contributed by atoms with Crippen LogP contribution in [0.4, 0.5) is 0 Å². The molecule has 0 spiro atoms. The number of hydrogen-bond acceptors (Lipinski definition) is 4. The first-order chi connectivity index (χ1) is 4.70. The fourth-order valence-corrected chi connectivity index (χ4v) is 0.635. The van der Waals surface area contributed by atoms with Gasteiger partial charge in [0.05, 0.1) is 6.20 Å². The van der Waals surface area contributed by atoms with Gasteiger partial charge < -0.3 is 5.11 Å². The highest BCUT2D eigenvalue weighted by atomic mass is 32.1. The van der Waals surface area contributed by atoms with Gasteiger partial charge in [-0.25, -0.2) is 4.79 Å². The van der Waals surface area contributed by atoms with Gasteiger partial charge >= 0.3 is 5.97 Å². The third kappa shape index (κ3) is 1.44. The molecule has 0 fully saturated rings. The Kier molecular flexibility index (Phi) is 1.86. The van der Waals surface area contributed by atoms with Crippen LogP contribution in [-0.2, 0) is 0 Å². The lowest BCUT2D eigenvalue weighted by molar-refractivity contribution is 0.0689. The maximum absolute atomic E-state index is 10.2. The summed E-state index contributed by atoms with van der Waals surface area (Å²) in [5.74, 6) is -1.09. The third-order valence-corrected chi connectivity index (χ3v) is 1.10.